The van der Waals surface area contributed by atoms with Gasteiger partial charge in [0.15, 0.2) is 0 Å². The number of rotatable bonds is 6. The van der Waals surface area contributed by atoms with Gasteiger partial charge in [-0.05, 0) is 18.8 Å². The van der Waals surface area contributed by atoms with E-state index in [-0.39, 0.29) is 0 Å². The fraction of sp³-hybridized carbons (Fsp3) is 0.786. The number of hydrogen-bond donors (Lipinski definition) is 0. The molecule has 0 aliphatic carbocycles. The molecule has 1 heterocycles. The number of aromatic nitrogens is 2. The highest BCUT2D eigenvalue weighted by Gasteiger charge is 2.09. The maximum absolute atomic E-state index is 4.49. The predicted octanol–water partition coefficient (Wildman–Crippen LogP) is 3.91. The molecule has 92 valence electrons. The molecule has 0 N–H and O–H groups in total. The molecule has 0 spiro atoms. The third kappa shape index (κ3) is 3.66. The molecule has 0 aliphatic rings. The van der Waals surface area contributed by atoms with Crippen LogP contribution in [0.15, 0.2) is 6.20 Å². The Labute approximate surface area is 100 Å². The van der Waals surface area contributed by atoms with Gasteiger partial charge in [-0.25, -0.2) is 4.98 Å². The number of unbranched alkanes of at least 4 members (excludes halogenated alkanes) is 1. The third-order valence-corrected chi connectivity index (χ3v) is 3.10. The standard InChI is InChI=1S/C14H26N2/c1-11(2)8-6-7-9-13-10-15-14(12(3)4)16(13)5/h10-12H,6-9H2,1-5H3. The van der Waals surface area contributed by atoms with Gasteiger partial charge in [0, 0.05) is 24.9 Å². The lowest BCUT2D eigenvalue weighted by molar-refractivity contribution is 0.533. The summed E-state index contributed by atoms with van der Waals surface area (Å²) in [6.07, 6.45) is 7.18. The summed E-state index contributed by atoms with van der Waals surface area (Å²) in [6, 6.07) is 0. The van der Waals surface area contributed by atoms with E-state index in [0.29, 0.717) is 5.92 Å². The Morgan fingerprint density at radius 1 is 1.19 bits per heavy atom. The lowest BCUT2D eigenvalue weighted by atomic mass is 10.0. The zero-order valence-electron chi connectivity index (χ0n) is 11.5. The maximum atomic E-state index is 4.49. The molecular formula is C14H26N2. The van der Waals surface area contributed by atoms with Crippen molar-refractivity contribution >= 4 is 0 Å². The average molecular weight is 222 g/mol. The molecule has 0 aromatic carbocycles. The van der Waals surface area contributed by atoms with Crippen molar-refractivity contribution in [3.8, 4) is 0 Å². The number of imidazole rings is 1. The van der Waals surface area contributed by atoms with Gasteiger partial charge in [0.1, 0.15) is 5.82 Å². The molecule has 0 saturated heterocycles. The van der Waals surface area contributed by atoms with E-state index in [1.807, 2.05) is 6.20 Å². The minimum absolute atomic E-state index is 0.523. The molecule has 0 aliphatic heterocycles. The second-order valence-electron chi connectivity index (χ2n) is 5.46. The van der Waals surface area contributed by atoms with Gasteiger partial charge in [-0.1, -0.05) is 40.5 Å². The maximum Gasteiger partial charge on any atom is 0.111 e. The summed E-state index contributed by atoms with van der Waals surface area (Å²) in [6.45, 7) is 8.98. The van der Waals surface area contributed by atoms with Crippen LogP contribution in [0.1, 0.15) is 64.4 Å². The van der Waals surface area contributed by atoms with Crippen LogP contribution in [0.2, 0.25) is 0 Å². The van der Waals surface area contributed by atoms with Gasteiger partial charge in [-0.2, -0.15) is 0 Å². The first-order valence-corrected chi connectivity index (χ1v) is 6.52. The lowest BCUT2D eigenvalue weighted by Gasteiger charge is -2.08. The van der Waals surface area contributed by atoms with E-state index in [9.17, 15) is 0 Å². The molecular weight excluding hydrogens is 196 g/mol. The number of aryl methyl sites for hydroxylation is 1. The fourth-order valence-corrected chi connectivity index (χ4v) is 2.09. The number of hydrogen-bond acceptors (Lipinski definition) is 1. The van der Waals surface area contributed by atoms with Gasteiger partial charge >= 0.3 is 0 Å². The molecule has 1 rings (SSSR count). The van der Waals surface area contributed by atoms with Gasteiger partial charge in [0.25, 0.3) is 0 Å². The quantitative estimate of drug-likeness (QED) is 0.667. The smallest absolute Gasteiger partial charge is 0.111 e. The Kier molecular flexibility index (Phi) is 5.04. The first-order chi connectivity index (χ1) is 7.52. The average Bonchev–Trinajstić information content (AvgIpc) is 2.54. The van der Waals surface area contributed by atoms with Crippen molar-refractivity contribution in [3.05, 3.63) is 17.7 Å². The minimum atomic E-state index is 0.523. The second-order valence-corrected chi connectivity index (χ2v) is 5.46. The fourth-order valence-electron chi connectivity index (χ4n) is 2.09. The van der Waals surface area contributed by atoms with E-state index in [2.05, 4.69) is 44.3 Å². The Hall–Kier alpha value is -0.790. The molecule has 0 saturated carbocycles. The van der Waals surface area contributed by atoms with Gasteiger partial charge in [-0.3, -0.25) is 0 Å². The summed E-state index contributed by atoms with van der Waals surface area (Å²) in [5.74, 6) is 2.56. The van der Waals surface area contributed by atoms with Crippen LogP contribution in [-0.2, 0) is 13.5 Å². The zero-order chi connectivity index (χ0) is 12.1. The van der Waals surface area contributed by atoms with Gasteiger partial charge < -0.3 is 4.57 Å². The summed E-state index contributed by atoms with van der Waals surface area (Å²) in [5.41, 5.74) is 1.38. The van der Waals surface area contributed by atoms with E-state index in [1.165, 1.54) is 37.2 Å². The van der Waals surface area contributed by atoms with Crippen molar-refractivity contribution in [2.75, 3.05) is 0 Å². The molecule has 2 nitrogen and oxygen atoms in total. The van der Waals surface area contributed by atoms with E-state index in [0.717, 1.165) is 5.92 Å². The topological polar surface area (TPSA) is 17.8 Å². The molecule has 1 aromatic rings. The lowest BCUT2D eigenvalue weighted by Crippen LogP contribution is -2.03. The summed E-state index contributed by atoms with van der Waals surface area (Å²) in [5, 5.41) is 0. The van der Waals surface area contributed by atoms with Crippen LogP contribution in [0.25, 0.3) is 0 Å². The third-order valence-electron chi connectivity index (χ3n) is 3.10. The molecule has 0 unspecified atom stereocenters. The number of nitrogens with zero attached hydrogens (tertiary/aromatic N) is 2. The second kappa shape index (κ2) is 6.07. The van der Waals surface area contributed by atoms with Crippen LogP contribution in [0.3, 0.4) is 0 Å². The molecule has 0 bridgehead atoms. The largest absolute Gasteiger partial charge is 0.335 e. The summed E-state index contributed by atoms with van der Waals surface area (Å²) >= 11 is 0. The van der Waals surface area contributed by atoms with E-state index < -0.39 is 0 Å². The van der Waals surface area contributed by atoms with Crippen molar-refractivity contribution in [1.82, 2.24) is 9.55 Å². The van der Waals surface area contributed by atoms with Crippen molar-refractivity contribution in [2.24, 2.45) is 13.0 Å². The van der Waals surface area contributed by atoms with Crippen LogP contribution in [-0.4, -0.2) is 9.55 Å². The summed E-state index contributed by atoms with van der Waals surface area (Å²) < 4.78 is 2.26. The van der Waals surface area contributed by atoms with Crippen LogP contribution < -0.4 is 0 Å². The Morgan fingerprint density at radius 2 is 1.88 bits per heavy atom. The Bertz CT molecular complexity index is 311. The van der Waals surface area contributed by atoms with Gasteiger partial charge in [0.05, 0.1) is 0 Å². The normalized spacial score (nSPS) is 11.7. The summed E-state index contributed by atoms with van der Waals surface area (Å²) in [7, 11) is 2.14. The summed E-state index contributed by atoms with van der Waals surface area (Å²) in [4.78, 5) is 4.49. The van der Waals surface area contributed by atoms with Crippen molar-refractivity contribution in [1.29, 1.82) is 0 Å². The molecule has 16 heavy (non-hydrogen) atoms. The predicted molar refractivity (Wildman–Crippen MR) is 69.7 cm³/mol. The Balaban J connectivity index is 2.43. The van der Waals surface area contributed by atoms with Crippen LogP contribution in [0.4, 0.5) is 0 Å². The zero-order valence-corrected chi connectivity index (χ0v) is 11.5. The van der Waals surface area contributed by atoms with Crippen molar-refractivity contribution < 1.29 is 0 Å². The van der Waals surface area contributed by atoms with E-state index in [4.69, 9.17) is 0 Å². The highest BCUT2D eigenvalue weighted by molar-refractivity contribution is 5.07. The molecule has 0 fully saturated rings. The van der Waals surface area contributed by atoms with E-state index in [1.54, 1.807) is 0 Å². The van der Waals surface area contributed by atoms with E-state index >= 15 is 0 Å². The van der Waals surface area contributed by atoms with Crippen molar-refractivity contribution in [3.63, 3.8) is 0 Å². The Morgan fingerprint density at radius 3 is 2.38 bits per heavy atom. The van der Waals surface area contributed by atoms with Gasteiger partial charge in [0.2, 0.25) is 0 Å². The highest BCUT2D eigenvalue weighted by Crippen LogP contribution is 2.16. The van der Waals surface area contributed by atoms with Crippen molar-refractivity contribution in [2.45, 2.75) is 59.3 Å². The van der Waals surface area contributed by atoms with Crippen LogP contribution in [0.5, 0.6) is 0 Å². The van der Waals surface area contributed by atoms with Gasteiger partial charge in [-0.15, -0.1) is 0 Å². The molecule has 0 radical (unpaired) electrons. The highest BCUT2D eigenvalue weighted by atomic mass is 15.1. The molecule has 1 aromatic heterocycles. The SMILES string of the molecule is CC(C)CCCCc1cnc(C(C)C)n1C. The van der Waals surface area contributed by atoms with Crippen LogP contribution >= 0.6 is 0 Å². The molecule has 0 amide bonds. The molecule has 0 atom stereocenters. The minimum Gasteiger partial charge on any atom is -0.335 e. The van der Waals surface area contributed by atoms with Crippen LogP contribution in [0, 0.1) is 5.92 Å². The monoisotopic (exact) mass is 222 g/mol. The molecule has 2 heteroatoms. The first kappa shape index (κ1) is 13.3. The first-order valence-electron chi connectivity index (χ1n) is 6.52.